The number of hydrogen-bond donors (Lipinski definition) is 3. The average Bonchev–Trinajstić information content (AvgIpc) is 3.01. The number of ether oxygens (including phenoxy) is 1. The first kappa shape index (κ1) is 32.6. The van der Waals surface area contributed by atoms with Crippen LogP contribution in [0.15, 0.2) is 36.4 Å². The molecule has 1 aromatic heterocycles. The van der Waals surface area contributed by atoms with Crippen molar-refractivity contribution in [1.82, 2.24) is 26.1 Å². The lowest BCUT2D eigenvalue weighted by Crippen LogP contribution is -2.61. The van der Waals surface area contributed by atoms with Crippen LogP contribution in [0, 0.1) is 11.3 Å². The van der Waals surface area contributed by atoms with Gasteiger partial charge in [-0.3, -0.25) is 29.2 Å². The Labute approximate surface area is 263 Å². The highest BCUT2D eigenvalue weighted by atomic mass is 32.2. The van der Waals surface area contributed by atoms with Crippen molar-refractivity contribution < 1.29 is 32.3 Å². The molecule has 13 heteroatoms. The first-order valence-corrected chi connectivity index (χ1v) is 17.3. The van der Waals surface area contributed by atoms with Crippen molar-refractivity contribution >= 4 is 50.5 Å². The Morgan fingerprint density at radius 2 is 1.67 bits per heavy atom. The van der Waals surface area contributed by atoms with Crippen molar-refractivity contribution in [2.75, 3.05) is 18.1 Å². The van der Waals surface area contributed by atoms with Gasteiger partial charge in [0.1, 0.15) is 21.9 Å². The number of benzene rings is 1. The zero-order chi connectivity index (χ0) is 32.5. The minimum atomic E-state index is -3.32. The first-order chi connectivity index (χ1) is 21.3. The lowest BCUT2D eigenvalue weighted by Gasteiger charge is -2.36. The Bertz CT molecular complexity index is 1630. The van der Waals surface area contributed by atoms with Crippen LogP contribution in [0.2, 0.25) is 0 Å². The van der Waals surface area contributed by atoms with Gasteiger partial charge in [-0.25, -0.2) is 13.8 Å². The molecule has 0 aliphatic carbocycles. The zero-order valence-corrected chi connectivity index (χ0v) is 26.9. The van der Waals surface area contributed by atoms with Gasteiger partial charge in [0.25, 0.3) is 11.8 Å². The monoisotopic (exact) mass is 639 g/mol. The Morgan fingerprint density at radius 1 is 0.978 bits per heavy atom. The van der Waals surface area contributed by atoms with Crippen molar-refractivity contribution in [2.45, 2.75) is 77.6 Å². The van der Waals surface area contributed by atoms with Crippen molar-refractivity contribution in [2.24, 2.45) is 11.3 Å². The van der Waals surface area contributed by atoms with E-state index < -0.39 is 63.2 Å². The van der Waals surface area contributed by atoms with Crippen LogP contribution in [0.3, 0.4) is 0 Å². The number of carbonyl (C=O) groups excluding carboxylic acids is 4. The van der Waals surface area contributed by atoms with Crippen molar-refractivity contribution in [3.8, 4) is 0 Å². The number of pyridine rings is 1. The van der Waals surface area contributed by atoms with E-state index in [4.69, 9.17) is 9.72 Å². The van der Waals surface area contributed by atoms with Gasteiger partial charge in [0.05, 0.1) is 34.2 Å². The summed E-state index contributed by atoms with van der Waals surface area (Å²) >= 11 is 0. The Balaban J connectivity index is 1.55. The lowest BCUT2D eigenvalue weighted by atomic mass is 9.81. The van der Waals surface area contributed by atoms with E-state index in [-0.39, 0.29) is 30.3 Å². The number of carbonyl (C=O) groups is 4. The molecule has 0 saturated carbocycles. The van der Waals surface area contributed by atoms with Gasteiger partial charge in [-0.1, -0.05) is 44.2 Å². The summed E-state index contributed by atoms with van der Waals surface area (Å²) in [6, 6.07) is 7.37. The summed E-state index contributed by atoms with van der Waals surface area (Å²) in [6.45, 7) is 7.19. The molecule has 3 amide bonds. The predicted octanol–water partition coefficient (Wildman–Crippen LogP) is 2.20. The quantitative estimate of drug-likeness (QED) is 0.397. The van der Waals surface area contributed by atoms with E-state index in [0.717, 1.165) is 10.9 Å². The van der Waals surface area contributed by atoms with Crippen LogP contribution < -0.4 is 16.1 Å². The molecule has 5 bridgehead atoms. The number of esters is 1. The number of rotatable bonds is 1. The van der Waals surface area contributed by atoms with Gasteiger partial charge >= 0.3 is 5.97 Å². The first-order valence-electron chi connectivity index (χ1n) is 15.5. The van der Waals surface area contributed by atoms with Gasteiger partial charge in [0.2, 0.25) is 5.91 Å². The van der Waals surface area contributed by atoms with Gasteiger partial charge in [-0.15, -0.1) is 0 Å². The molecule has 4 heterocycles. The number of aromatic nitrogens is 1. The molecule has 3 aliphatic rings. The molecule has 242 valence electrons. The Kier molecular flexibility index (Phi) is 9.31. The minimum Gasteiger partial charge on any atom is -0.451 e. The molecule has 5 rings (SSSR count). The lowest BCUT2D eigenvalue weighted by molar-refractivity contribution is -0.167. The second-order valence-corrected chi connectivity index (χ2v) is 15.0. The predicted molar refractivity (Wildman–Crippen MR) is 168 cm³/mol. The van der Waals surface area contributed by atoms with Crippen LogP contribution in [0.1, 0.15) is 70.7 Å². The summed E-state index contributed by atoms with van der Waals surface area (Å²) in [6.07, 6.45) is 3.36. The molecule has 3 aliphatic heterocycles. The van der Waals surface area contributed by atoms with E-state index in [9.17, 15) is 27.6 Å². The number of hydrazine groups is 1. The average molecular weight is 640 g/mol. The number of sulfone groups is 1. The molecule has 1 spiro atoms. The van der Waals surface area contributed by atoms with Gasteiger partial charge in [0.15, 0.2) is 6.10 Å². The maximum Gasteiger partial charge on any atom is 0.316 e. The molecule has 2 saturated heterocycles. The molecular formula is C32H41N5O7S. The van der Waals surface area contributed by atoms with E-state index in [0.29, 0.717) is 30.6 Å². The van der Waals surface area contributed by atoms with Gasteiger partial charge < -0.3 is 15.4 Å². The van der Waals surface area contributed by atoms with Crippen LogP contribution in [0.25, 0.3) is 17.0 Å². The molecule has 3 N–H and O–H groups in total. The van der Waals surface area contributed by atoms with E-state index in [1.54, 1.807) is 26.0 Å². The fourth-order valence-electron chi connectivity index (χ4n) is 5.93. The molecule has 45 heavy (non-hydrogen) atoms. The van der Waals surface area contributed by atoms with Gasteiger partial charge in [-0.2, -0.15) is 0 Å². The highest BCUT2D eigenvalue weighted by Gasteiger charge is 2.45. The fourth-order valence-corrected chi connectivity index (χ4v) is 7.48. The second kappa shape index (κ2) is 12.9. The van der Waals surface area contributed by atoms with Crippen LogP contribution in [0.5, 0.6) is 0 Å². The van der Waals surface area contributed by atoms with Gasteiger partial charge in [0, 0.05) is 11.9 Å². The Hall–Kier alpha value is -3.84. The highest BCUT2D eigenvalue weighted by Crippen LogP contribution is 2.37. The summed E-state index contributed by atoms with van der Waals surface area (Å²) in [7, 11) is -3.32. The van der Waals surface area contributed by atoms with Crippen LogP contribution >= 0.6 is 0 Å². The van der Waals surface area contributed by atoms with E-state index in [1.807, 2.05) is 37.3 Å². The molecular weight excluding hydrogens is 598 g/mol. The zero-order valence-electron chi connectivity index (χ0n) is 26.0. The smallest absolute Gasteiger partial charge is 0.316 e. The fraction of sp³-hybridized carbons (Fsp3) is 0.531. The maximum atomic E-state index is 13.9. The number of nitrogens with one attached hydrogen (secondary N) is 3. The third-order valence-electron chi connectivity index (χ3n) is 8.86. The molecule has 2 fully saturated rings. The summed E-state index contributed by atoms with van der Waals surface area (Å²) in [4.78, 5) is 58.6. The van der Waals surface area contributed by atoms with E-state index in [2.05, 4.69) is 16.1 Å². The summed E-state index contributed by atoms with van der Waals surface area (Å²) in [5.41, 5.74) is 3.82. The molecule has 0 radical (unpaired) electrons. The van der Waals surface area contributed by atoms with Crippen molar-refractivity contribution in [1.29, 1.82) is 0 Å². The van der Waals surface area contributed by atoms with E-state index >= 15 is 0 Å². The molecule has 1 aromatic carbocycles. The second-order valence-electron chi connectivity index (χ2n) is 12.7. The summed E-state index contributed by atoms with van der Waals surface area (Å²) < 4.78 is 30.6. The highest BCUT2D eigenvalue weighted by molar-refractivity contribution is 7.91. The number of nitrogens with zero attached hydrogens (tertiary/aromatic N) is 2. The van der Waals surface area contributed by atoms with Crippen LogP contribution in [0.4, 0.5) is 0 Å². The third kappa shape index (κ3) is 7.19. The van der Waals surface area contributed by atoms with Crippen molar-refractivity contribution in [3.05, 3.63) is 47.7 Å². The Morgan fingerprint density at radius 3 is 2.38 bits per heavy atom. The minimum absolute atomic E-state index is 0.0149. The summed E-state index contributed by atoms with van der Waals surface area (Å²) in [5, 5.41) is 7.90. The largest absolute Gasteiger partial charge is 0.451 e. The van der Waals surface area contributed by atoms with Crippen molar-refractivity contribution in [3.63, 3.8) is 0 Å². The standard InChI is InChI=1S/C32H41N5O7S/c1-19(2)27-29(39)34-21(4)30(40)37-15-5-6-25(36-37)28(38)33-20(3)24-10-9-23-8-7-22(18-26(23)35-24)11-12-32(31(41)44-27)13-16-45(42,43)17-14-32/h7-12,18-21,25,27,36H,5-6,13-17H2,1-4H3,(H,33,38)(H,34,39)/b12-11+/t20-,21+,25+,27+/m1/s1. The number of hydrogen-bond acceptors (Lipinski definition) is 9. The molecule has 2 aromatic rings. The topological polar surface area (TPSA) is 164 Å². The molecule has 0 unspecified atom stereocenters. The number of amides is 3. The van der Waals surface area contributed by atoms with E-state index in [1.165, 1.54) is 11.9 Å². The molecule has 4 atom stereocenters. The van der Waals surface area contributed by atoms with Gasteiger partial charge in [-0.05, 0) is 63.1 Å². The normalized spacial score (nSPS) is 28.4. The maximum absolute atomic E-state index is 13.9. The SMILES string of the molecule is CC(C)[C@@H]1OC(=O)C2(/C=C/c3ccc4ccc(nc4c3)[C@@H](C)NC(=O)[C@@H]3CCCN(N3)C(=O)[C@H](C)NC1=O)CCS(=O)(=O)CC2. The number of fused-ring (bicyclic) bond motifs is 4. The molecule has 12 nitrogen and oxygen atoms in total. The van der Waals surface area contributed by atoms with Crippen LogP contribution in [-0.2, 0) is 33.8 Å². The number of cyclic esters (lactones) is 1. The van der Waals surface area contributed by atoms with Crippen LogP contribution in [-0.4, -0.2) is 78.3 Å². The third-order valence-corrected chi connectivity index (χ3v) is 10.5. The summed E-state index contributed by atoms with van der Waals surface area (Å²) in [5.74, 6) is -2.84.